The summed E-state index contributed by atoms with van der Waals surface area (Å²) in [5.41, 5.74) is 8.10. The normalized spacial score (nSPS) is 19.6. The average Bonchev–Trinajstić information content (AvgIpc) is 3.23. The number of nitrogens with zero attached hydrogens (tertiary/aromatic N) is 1. The smallest absolute Gasteiger partial charge is 0.295 e. The van der Waals surface area contributed by atoms with E-state index in [4.69, 9.17) is 10.2 Å². The van der Waals surface area contributed by atoms with Gasteiger partial charge in [0.05, 0.1) is 0 Å². The van der Waals surface area contributed by atoms with Crippen LogP contribution in [0.15, 0.2) is 22.6 Å². The van der Waals surface area contributed by atoms with Gasteiger partial charge in [-0.3, -0.25) is 0 Å². The lowest BCUT2D eigenvalue weighted by Crippen LogP contribution is -2.24. The lowest BCUT2D eigenvalue weighted by Gasteiger charge is -2.15. The van der Waals surface area contributed by atoms with E-state index in [1.807, 2.05) is 18.2 Å². The summed E-state index contributed by atoms with van der Waals surface area (Å²) in [5, 5.41) is 3.49. The van der Waals surface area contributed by atoms with Gasteiger partial charge < -0.3 is 15.5 Å². The van der Waals surface area contributed by atoms with E-state index >= 15 is 0 Å². The van der Waals surface area contributed by atoms with E-state index in [9.17, 15) is 0 Å². The molecule has 0 radical (unpaired) electrons. The van der Waals surface area contributed by atoms with Crippen LogP contribution in [0.1, 0.15) is 25.7 Å². The summed E-state index contributed by atoms with van der Waals surface area (Å²) < 4.78 is 5.73. The minimum Gasteiger partial charge on any atom is -0.423 e. The largest absolute Gasteiger partial charge is 0.423 e. The van der Waals surface area contributed by atoms with Crippen LogP contribution in [0.2, 0.25) is 0 Å². The molecule has 1 aromatic heterocycles. The molecule has 94 valence electrons. The molecule has 0 bridgehead atoms. The summed E-state index contributed by atoms with van der Waals surface area (Å²) in [6, 6.07) is 6.81. The minimum atomic E-state index is 0.565. The van der Waals surface area contributed by atoms with Crippen molar-refractivity contribution in [3.05, 3.63) is 18.2 Å². The summed E-state index contributed by atoms with van der Waals surface area (Å²) in [7, 11) is 0. The number of anilines is 2. The number of nitrogens with one attached hydrogen (secondary N) is 1. The zero-order chi connectivity index (χ0) is 12.1. The second-order valence-corrected chi connectivity index (χ2v) is 5.59. The molecule has 18 heavy (non-hydrogen) atoms. The van der Waals surface area contributed by atoms with Crippen LogP contribution in [-0.2, 0) is 0 Å². The highest BCUT2D eigenvalue weighted by molar-refractivity contribution is 5.78. The van der Waals surface area contributed by atoms with E-state index in [0.717, 1.165) is 22.9 Å². The molecule has 0 aliphatic heterocycles. The molecular formula is C14H17N3O. The highest BCUT2D eigenvalue weighted by Gasteiger charge is 2.42. The Morgan fingerprint density at radius 1 is 1.22 bits per heavy atom. The molecule has 2 aliphatic carbocycles. The molecule has 4 nitrogen and oxygen atoms in total. The number of hydrogen-bond donors (Lipinski definition) is 2. The van der Waals surface area contributed by atoms with Gasteiger partial charge >= 0.3 is 0 Å². The number of aromatic nitrogens is 1. The maximum absolute atomic E-state index is 5.74. The van der Waals surface area contributed by atoms with Gasteiger partial charge in [0.1, 0.15) is 5.52 Å². The van der Waals surface area contributed by atoms with E-state index in [-0.39, 0.29) is 0 Å². The van der Waals surface area contributed by atoms with Crippen molar-refractivity contribution in [2.75, 3.05) is 11.1 Å². The lowest BCUT2D eigenvalue weighted by molar-refractivity contribution is 0.528. The van der Waals surface area contributed by atoms with Crippen LogP contribution >= 0.6 is 0 Å². The summed E-state index contributed by atoms with van der Waals surface area (Å²) in [4.78, 5) is 4.48. The third-order valence-electron chi connectivity index (χ3n) is 3.96. The summed E-state index contributed by atoms with van der Waals surface area (Å²) in [6.45, 7) is 0. The number of fused-ring (bicyclic) bond motifs is 1. The number of nitrogen functional groups attached to an aromatic ring is 1. The van der Waals surface area contributed by atoms with Crippen molar-refractivity contribution in [1.29, 1.82) is 0 Å². The predicted octanol–water partition coefficient (Wildman–Crippen LogP) is 3.01. The molecule has 2 saturated carbocycles. The number of benzene rings is 1. The fourth-order valence-corrected chi connectivity index (χ4v) is 2.68. The first kappa shape index (κ1) is 10.2. The summed E-state index contributed by atoms with van der Waals surface area (Å²) in [6.07, 6.45) is 5.39. The van der Waals surface area contributed by atoms with Gasteiger partial charge in [-0.15, -0.1) is 0 Å². The van der Waals surface area contributed by atoms with Crippen LogP contribution in [0.4, 0.5) is 11.7 Å². The average molecular weight is 243 g/mol. The van der Waals surface area contributed by atoms with Crippen molar-refractivity contribution in [1.82, 2.24) is 4.98 Å². The van der Waals surface area contributed by atoms with Crippen LogP contribution in [-0.4, -0.2) is 11.0 Å². The maximum Gasteiger partial charge on any atom is 0.295 e. The van der Waals surface area contributed by atoms with Crippen LogP contribution in [0.5, 0.6) is 0 Å². The highest BCUT2D eigenvalue weighted by Crippen LogP contribution is 2.45. The van der Waals surface area contributed by atoms with Crippen molar-refractivity contribution in [3.63, 3.8) is 0 Å². The first-order chi connectivity index (χ1) is 8.79. The van der Waals surface area contributed by atoms with Gasteiger partial charge in [0.2, 0.25) is 0 Å². The Morgan fingerprint density at radius 3 is 2.61 bits per heavy atom. The first-order valence-electron chi connectivity index (χ1n) is 6.72. The molecule has 1 aromatic carbocycles. The van der Waals surface area contributed by atoms with E-state index < -0.39 is 0 Å². The number of oxazole rings is 1. The molecule has 3 N–H and O–H groups in total. The summed E-state index contributed by atoms with van der Waals surface area (Å²) >= 11 is 0. The van der Waals surface area contributed by atoms with Gasteiger partial charge in [-0.25, -0.2) is 0 Å². The Hall–Kier alpha value is -1.71. The van der Waals surface area contributed by atoms with Crippen molar-refractivity contribution in [2.45, 2.75) is 31.7 Å². The Labute approximate surface area is 106 Å². The van der Waals surface area contributed by atoms with Crippen LogP contribution in [0.3, 0.4) is 0 Å². The lowest BCUT2D eigenvalue weighted by atomic mass is 10.1. The van der Waals surface area contributed by atoms with Crippen molar-refractivity contribution >= 4 is 22.8 Å². The standard InChI is InChI=1S/C14H17N3O/c15-10-5-6-11-12(7-10)18-14(16-11)17-13(8-1-2-8)9-3-4-9/h5-9,13H,1-4,15H2,(H,16,17). The van der Waals surface area contributed by atoms with Crippen molar-refractivity contribution in [2.24, 2.45) is 11.8 Å². The number of rotatable bonds is 4. The van der Waals surface area contributed by atoms with Gasteiger partial charge in [-0.2, -0.15) is 4.98 Å². The molecular weight excluding hydrogens is 226 g/mol. The van der Waals surface area contributed by atoms with E-state index in [2.05, 4.69) is 10.3 Å². The molecule has 0 saturated heterocycles. The molecule has 0 unspecified atom stereocenters. The fraction of sp³-hybridized carbons (Fsp3) is 0.500. The molecule has 0 spiro atoms. The van der Waals surface area contributed by atoms with E-state index in [1.54, 1.807) is 0 Å². The van der Waals surface area contributed by atoms with Gasteiger partial charge in [0, 0.05) is 17.8 Å². The first-order valence-corrected chi connectivity index (χ1v) is 6.72. The summed E-state index contributed by atoms with van der Waals surface area (Å²) in [5.74, 6) is 1.66. The monoisotopic (exact) mass is 243 g/mol. The molecule has 4 rings (SSSR count). The quantitative estimate of drug-likeness (QED) is 0.810. The third-order valence-corrected chi connectivity index (χ3v) is 3.96. The van der Waals surface area contributed by atoms with Gasteiger partial charge in [0.15, 0.2) is 5.58 Å². The van der Waals surface area contributed by atoms with Crippen molar-refractivity contribution in [3.8, 4) is 0 Å². The molecule has 2 fully saturated rings. The second kappa shape index (κ2) is 3.64. The topological polar surface area (TPSA) is 64.1 Å². The zero-order valence-electron chi connectivity index (χ0n) is 10.2. The molecule has 0 amide bonds. The van der Waals surface area contributed by atoms with Gasteiger partial charge in [-0.05, 0) is 49.7 Å². The van der Waals surface area contributed by atoms with Crippen molar-refractivity contribution < 1.29 is 4.42 Å². The molecule has 4 heteroatoms. The number of hydrogen-bond acceptors (Lipinski definition) is 4. The fourth-order valence-electron chi connectivity index (χ4n) is 2.68. The predicted molar refractivity (Wildman–Crippen MR) is 71.3 cm³/mol. The molecule has 2 aliphatic rings. The maximum atomic E-state index is 5.74. The van der Waals surface area contributed by atoms with Gasteiger partial charge in [-0.1, -0.05) is 0 Å². The molecule has 0 atom stereocenters. The Balaban J connectivity index is 1.61. The molecule has 2 aromatic rings. The van der Waals surface area contributed by atoms with Gasteiger partial charge in [0.25, 0.3) is 6.01 Å². The van der Waals surface area contributed by atoms with Crippen LogP contribution < -0.4 is 11.1 Å². The Morgan fingerprint density at radius 2 is 1.94 bits per heavy atom. The second-order valence-electron chi connectivity index (χ2n) is 5.59. The molecule has 1 heterocycles. The van der Waals surface area contributed by atoms with Crippen LogP contribution in [0, 0.1) is 11.8 Å². The van der Waals surface area contributed by atoms with E-state index in [0.29, 0.717) is 17.7 Å². The zero-order valence-corrected chi connectivity index (χ0v) is 10.2. The van der Waals surface area contributed by atoms with E-state index in [1.165, 1.54) is 25.7 Å². The minimum absolute atomic E-state index is 0.565. The highest BCUT2D eigenvalue weighted by atomic mass is 16.4. The third kappa shape index (κ3) is 1.82. The Kier molecular flexibility index (Phi) is 2.07. The number of nitrogens with two attached hydrogens (primary N) is 1. The van der Waals surface area contributed by atoms with Crippen LogP contribution in [0.25, 0.3) is 11.1 Å². The SMILES string of the molecule is Nc1ccc2nc(NC(C3CC3)C3CC3)oc2c1. The Bertz CT molecular complexity index is 572.